The van der Waals surface area contributed by atoms with Crippen LogP contribution in [0.15, 0.2) is 71.6 Å². The van der Waals surface area contributed by atoms with Crippen molar-refractivity contribution in [3.63, 3.8) is 0 Å². The summed E-state index contributed by atoms with van der Waals surface area (Å²) >= 11 is 8.18. The molecule has 0 atom stereocenters. The van der Waals surface area contributed by atoms with Gasteiger partial charge in [-0.15, -0.1) is 11.3 Å². The van der Waals surface area contributed by atoms with Gasteiger partial charge in [-0.3, -0.25) is 4.90 Å². The summed E-state index contributed by atoms with van der Waals surface area (Å²) < 4.78 is 26.0. The fraction of sp³-hybridized carbons (Fsp3) is 0.269. The van der Waals surface area contributed by atoms with Gasteiger partial charge in [0.2, 0.25) is 0 Å². The molecule has 0 saturated carbocycles. The minimum Gasteiger partial charge on any atom is -0.297 e. The van der Waals surface area contributed by atoms with Crippen LogP contribution in [0.1, 0.15) is 25.0 Å². The van der Waals surface area contributed by atoms with Crippen LogP contribution in [0.25, 0.3) is 26.7 Å². The predicted molar refractivity (Wildman–Crippen MR) is 140 cm³/mol. The Hall–Kier alpha value is -2.45. The molecule has 34 heavy (non-hydrogen) atoms. The summed E-state index contributed by atoms with van der Waals surface area (Å²) in [5.41, 5.74) is 3.73. The van der Waals surface area contributed by atoms with Gasteiger partial charge in [0.15, 0.2) is 9.84 Å². The van der Waals surface area contributed by atoms with E-state index in [0.717, 1.165) is 52.0 Å². The van der Waals surface area contributed by atoms with Crippen molar-refractivity contribution < 1.29 is 8.42 Å². The fourth-order valence-electron chi connectivity index (χ4n) is 4.35. The van der Waals surface area contributed by atoms with Crippen molar-refractivity contribution in [3.8, 4) is 26.7 Å². The second-order valence-corrected chi connectivity index (χ2v) is 12.2. The van der Waals surface area contributed by atoms with Crippen molar-refractivity contribution in [1.82, 2.24) is 14.7 Å². The Balaban J connectivity index is 1.54. The van der Waals surface area contributed by atoms with Crippen molar-refractivity contribution in [2.45, 2.75) is 30.7 Å². The summed E-state index contributed by atoms with van der Waals surface area (Å²) in [6.45, 7) is 3.03. The third-order valence-electron chi connectivity index (χ3n) is 6.08. The maximum Gasteiger partial charge on any atom is 0.175 e. The molecule has 0 aliphatic carbocycles. The molecule has 176 valence electrons. The molecule has 4 aromatic rings. The van der Waals surface area contributed by atoms with Gasteiger partial charge >= 0.3 is 0 Å². The number of piperidine rings is 1. The minimum absolute atomic E-state index is 0.324. The van der Waals surface area contributed by atoms with Gasteiger partial charge in [-0.05, 0) is 74.0 Å². The number of likely N-dealkylation sites (tertiary alicyclic amines) is 1. The molecule has 5 rings (SSSR count). The Bertz CT molecular complexity index is 1420. The van der Waals surface area contributed by atoms with Crippen molar-refractivity contribution in [2.75, 3.05) is 19.3 Å². The molecule has 0 unspecified atom stereocenters. The third kappa shape index (κ3) is 4.98. The smallest absolute Gasteiger partial charge is 0.175 e. The van der Waals surface area contributed by atoms with E-state index in [4.69, 9.17) is 16.7 Å². The molecule has 1 aliphatic rings. The van der Waals surface area contributed by atoms with Crippen molar-refractivity contribution in [3.05, 3.63) is 77.4 Å². The third-order valence-corrected chi connectivity index (χ3v) is 8.67. The Morgan fingerprint density at radius 3 is 2.47 bits per heavy atom. The highest BCUT2D eigenvalue weighted by Crippen LogP contribution is 2.37. The molecule has 0 amide bonds. The van der Waals surface area contributed by atoms with Crippen LogP contribution in [0.3, 0.4) is 0 Å². The number of nitrogens with zero attached hydrogens (tertiary/aromatic N) is 3. The molecule has 2 aromatic carbocycles. The van der Waals surface area contributed by atoms with Gasteiger partial charge in [-0.25, -0.2) is 13.1 Å². The average Bonchev–Trinajstić information content (AvgIpc) is 3.47. The molecule has 1 fully saturated rings. The highest BCUT2D eigenvalue weighted by atomic mass is 35.5. The van der Waals surface area contributed by atoms with Gasteiger partial charge in [-0.1, -0.05) is 42.3 Å². The van der Waals surface area contributed by atoms with E-state index in [2.05, 4.69) is 17.0 Å². The molecular formula is C26H26ClN3O2S2. The maximum atomic E-state index is 12.0. The molecule has 3 heterocycles. The molecule has 0 N–H and O–H groups in total. The predicted octanol–water partition coefficient (Wildman–Crippen LogP) is 6.31. The second kappa shape index (κ2) is 9.66. The minimum atomic E-state index is -3.27. The van der Waals surface area contributed by atoms with Crippen LogP contribution < -0.4 is 0 Å². The number of rotatable bonds is 6. The number of hydrogen-bond donors (Lipinski definition) is 0. The number of aromatic nitrogens is 2. The first-order valence-corrected chi connectivity index (χ1v) is 14.4. The topological polar surface area (TPSA) is 55.2 Å². The molecule has 1 aliphatic heterocycles. The molecule has 1 saturated heterocycles. The monoisotopic (exact) mass is 511 g/mol. The highest BCUT2D eigenvalue weighted by molar-refractivity contribution is 7.90. The Morgan fingerprint density at radius 1 is 0.941 bits per heavy atom. The first-order chi connectivity index (χ1) is 16.4. The lowest BCUT2D eigenvalue weighted by atomic mass is 10.1. The first-order valence-electron chi connectivity index (χ1n) is 11.4. The van der Waals surface area contributed by atoms with Crippen molar-refractivity contribution in [2.24, 2.45) is 0 Å². The molecule has 0 radical (unpaired) electrons. The van der Waals surface area contributed by atoms with E-state index in [9.17, 15) is 8.42 Å². The standard InChI is InChI=1S/C26H26ClN3O2S2/c1-34(31,32)21-9-7-8-19(16-21)25-12-13-26(33-25)24-17-20(18-29-14-5-2-6-15-29)28-30(24)23-11-4-3-10-22(23)27/h3-4,7-13,16-17H,2,5-6,14-15,18H2,1H3. The Morgan fingerprint density at radius 2 is 1.71 bits per heavy atom. The normalized spacial score (nSPS) is 15.0. The number of hydrogen-bond acceptors (Lipinski definition) is 5. The summed E-state index contributed by atoms with van der Waals surface area (Å²) in [4.78, 5) is 4.84. The zero-order valence-electron chi connectivity index (χ0n) is 18.9. The van der Waals surface area contributed by atoms with Crippen molar-refractivity contribution in [1.29, 1.82) is 0 Å². The molecule has 8 heteroatoms. The summed E-state index contributed by atoms with van der Waals surface area (Å²) in [7, 11) is -3.27. The fourth-order valence-corrected chi connectivity index (χ4v) is 6.23. The summed E-state index contributed by atoms with van der Waals surface area (Å²) in [6, 6.07) is 21.1. The van der Waals surface area contributed by atoms with Crippen LogP contribution in [-0.4, -0.2) is 42.4 Å². The van der Waals surface area contributed by atoms with Gasteiger partial charge in [0.05, 0.1) is 31.9 Å². The van der Waals surface area contributed by atoms with Gasteiger partial charge in [0, 0.05) is 17.7 Å². The number of sulfone groups is 1. The van der Waals surface area contributed by atoms with E-state index in [0.29, 0.717) is 9.92 Å². The SMILES string of the molecule is CS(=O)(=O)c1cccc(-c2ccc(-c3cc(CN4CCCCC4)nn3-c3ccccc3Cl)s2)c1. The van der Waals surface area contributed by atoms with Gasteiger partial charge < -0.3 is 0 Å². The summed E-state index contributed by atoms with van der Waals surface area (Å²) in [5, 5.41) is 5.61. The largest absolute Gasteiger partial charge is 0.297 e. The van der Waals surface area contributed by atoms with E-state index in [1.807, 2.05) is 41.1 Å². The van der Waals surface area contributed by atoms with Gasteiger partial charge in [0.1, 0.15) is 0 Å². The van der Waals surface area contributed by atoms with Crippen LogP contribution in [0.4, 0.5) is 0 Å². The first kappa shape index (κ1) is 23.3. The van der Waals surface area contributed by atoms with Crippen LogP contribution in [-0.2, 0) is 16.4 Å². The maximum absolute atomic E-state index is 12.0. The zero-order valence-corrected chi connectivity index (χ0v) is 21.3. The molecule has 5 nitrogen and oxygen atoms in total. The summed E-state index contributed by atoms with van der Waals surface area (Å²) in [6.07, 6.45) is 5.00. The van der Waals surface area contributed by atoms with Gasteiger partial charge in [-0.2, -0.15) is 5.10 Å². The van der Waals surface area contributed by atoms with E-state index in [1.165, 1.54) is 25.5 Å². The van der Waals surface area contributed by atoms with Crippen LogP contribution in [0.2, 0.25) is 5.02 Å². The van der Waals surface area contributed by atoms with Crippen molar-refractivity contribution >= 4 is 32.8 Å². The van der Waals surface area contributed by atoms with Crippen LogP contribution >= 0.6 is 22.9 Å². The van der Waals surface area contributed by atoms with Crippen LogP contribution in [0, 0.1) is 0 Å². The molecule has 0 spiro atoms. The van der Waals surface area contributed by atoms with E-state index < -0.39 is 9.84 Å². The van der Waals surface area contributed by atoms with Gasteiger partial charge in [0.25, 0.3) is 0 Å². The number of benzene rings is 2. The summed E-state index contributed by atoms with van der Waals surface area (Å²) in [5.74, 6) is 0. The average molecular weight is 512 g/mol. The van der Waals surface area contributed by atoms with E-state index >= 15 is 0 Å². The number of halogens is 1. The highest BCUT2D eigenvalue weighted by Gasteiger charge is 2.19. The molecular weight excluding hydrogens is 486 g/mol. The quantitative estimate of drug-likeness (QED) is 0.304. The zero-order chi connectivity index (χ0) is 23.7. The van der Waals surface area contributed by atoms with E-state index in [1.54, 1.807) is 29.5 Å². The number of para-hydroxylation sites is 1. The lowest BCUT2D eigenvalue weighted by molar-refractivity contribution is 0.218. The lowest BCUT2D eigenvalue weighted by Gasteiger charge is -2.25. The second-order valence-electron chi connectivity index (χ2n) is 8.68. The molecule has 2 aromatic heterocycles. The number of thiophene rings is 1. The lowest BCUT2D eigenvalue weighted by Crippen LogP contribution is -2.29. The van der Waals surface area contributed by atoms with Crippen LogP contribution in [0.5, 0.6) is 0 Å². The molecule has 0 bridgehead atoms. The Kier molecular flexibility index (Phi) is 6.62. The Labute approximate surface area is 209 Å². The van der Waals surface area contributed by atoms with E-state index in [-0.39, 0.29) is 0 Å².